The summed E-state index contributed by atoms with van der Waals surface area (Å²) in [5.74, 6) is -7.45. The van der Waals surface area contributed by atoms with Gasteiger partial charge in [-0.2, -0.15) is 18.2 Å². The maximum atomic E-state index is 15.2. The Bertz CT molecular complexity index is 2770. The zero-order valence-corrected chi connectivity index (χ0v) is 26.4. The molecule has 5 rings (SSSR count). The third kappa shape index (κ3) is 8.73. The van der Waals surface area contributed by atoms with Gasteiger partial charge < -0.3 is 14.4 Å². The summed E-state index contributed by atoms with van der Waals surface area (Å²) in [6.45, 7) is -4.54. The number of halogens is 4. The van der Waals surface area contributed by atoms with E-state index in [1.165, 1.54) is 0 Å². The van der Waals surface area contributed by atoms with Gasteiger partial charge in [0, 0.05) is 43.5 Å². The normalized spacial score (nSPS) is 24.9. The van der Waals surface area contributed by atoms with Crippen LogP contribution in [0.5, 0.6) is 0 Å². The molecule has 0 bridgehead atoms. The molecule has 0 spiro atoms. The summed E-state index contributed by atoms with van der Waals surface area (Å²) < 4.78 is 238. The van der Waals surface area contributed by atoms with E-state index in [4.69, 9.17) is 23.3 Å². The summed E-state index contributed by atoms with van der Waals surface area (Å²) >= 11 is 0.163. The van der Waals surface area contributed by atoms with Crippen LogP contribution in [0, 0.1) is 11.7 Å². The van der Waals surface area contributed by atoms with E-state index in [0.29, 0.717) is 0 Å². The lowest BCUT2D eigenvalue weighted by Gasteiger charge is -2.28. The predicted octanol–water partition coefficient (Wildman–Crippen LogP) is 7.47. The highest BCUT2D eigenvalue weighted by Gasteiger charge is 2.30. The molecule has 0 saturated heterocycles. The van der Waals surface area contributed by atoms with Crippen LogP contribution in [0.25, 0.3) is 11.1 Å². The summed E-state index contributed by atoms with van der Waals surface area (Å²) in [5, 5.41) is -1.04. The van der Waals surface area contributed by atoms with Crippen LogP contribution in [0.2, 0.25) is 0 Å². The fraction of sp³-hybridized carbons (Fsp3) is 0.378. The van der Waals surface area contributed by atoms with Crippen LogP contribution in [-0.2, 0) is 42.5 Å². The molecule has 48 heavy (non-hydrogen) atoms. The van der Waals surface area contributed by atoms with Gasteiger partial charge in [-0.25, -0.2) is 4.39 Å². The highest BCUT2D eigenvalue weighted by Crippen LogP contribution is 2.32. The molecule has 1 aromatic heterocycles. The second-order valence-electron chi connectivity index (χ2n) is 9.92. The highest BCUT2D eigenvalue weighted by atomic mass is 32.2. The van der Waals surface area contributed by atoms with Gasteiger partial charge in [-0.1, -0.05) is 80.9 Å². The molecular weight excluding hydrogens is 640 g/mol. The zero-order valence-electron chi connectivity index (χ0n) is 46.6. The second-order valence-corrected chi connectivity index (χ2v) is 10.9. The molecule has 0 radical (unpaired) electrons. The molecule has 4 aromatic rings. The van der Waals surface area contributed by atoms with E-state index in [1.807, 2.05) is 0 Å². The largest absolute Gasteiger partial charge is 0.416 e. The number of amides is 1. The first-order valence-corrected chi connectivity index (χ1v) is 15.2. The Kier molecular flexibility index (Phi) is 5.53. The van der Waals surface area contributed by atoms with Crippen LogP contribution in [0.4, 0.5) is 17.6 Å². The molecule has 1 amide bonds. The fourth-order valence-electron chi connectivity index (χ4n) is 4.21. The minimum atomic E-state index is -5.42. The first-order valence-electron chi connectivity index (χ1n) is 24.8. The Hall–Kier alpha value is -3.96. The molecule has 254 valence electrons. The van der Waals surface area contributed by atoms with Crippen LogP contribution in [0.15, 0.2) is 82.5 Å². The van der Waals surface area contributed by atoms with E-state index in [2.05, 4.69) is 4.98 Å². The fourth-order valence-corrected chi connectivity index (χ4v) is 5.05. The standard InChI is InChI=1S/C37H40F4N4O2S/c1-4-43(5-2)18-19-44(22-26-6-10-28(11-7-26)29-12-14-30(15-13-29)37(39,40)41)34(46)23-45-33-21-25(3)20-32(33)35(47)42-36(45)48-24-27-8-16-31(38)17-9-27/h6-17,25H,4-5,18-24H2,1-3H3/i6D,7D,8D,9D,10D,11D,12D,13D,14D,15D,16D,17D,20D2,21D2,22D2,23D2,25D. The molecular formula is C37H40F4N4O2S. The Balaban J connectivity index is 1.83. The van der Waals surface area contributed by atoms with Crippen molar-refractivity contribution in [1.29, 1.82) is 0 Å². The molecule has 0 aliphatic heterocycles. The molecule has 1 heterocycles. The van der Waals surface area contributed by atoms with Crippen molar-refractivity contribution < 1.29 is 51.1 Å². The number of rotatable bonds is 13. The SMILES string of the molecule is [2H]c1c([2H])c(CSc2nc(=O)c3c(n2C([2H])([2H])C(=O)N(CCN(CC)CC)C([2H])([2H])c2c([2H])c([2H])c(-c4c([2H])c([2H])c(C(F)(F)F)c([2H])c4[2H])c([2H])c2[2H])C([2H])([2H])C([2H])(C)C3([2H])[2H])c([2H])c([2H])c1F. The summed E-state index contributed by atoms with van der Waals surface area (Å²) in [4.78, 5) is 34.3. The summed E-state index contributed by atoms with van der Waals surface area (Å²) in [7, 11) is 0. The quantitative estimate of drug-likeness (QED) is 0.0823. The first kappa shape index (κ1) is 17.1. The lowest BCUT2D eigenvalue weighted by molar-refractivity contribution is -0.137. The molecule has 11 heteroatoms. The van der Waals surface area contributed by atoms with Crippen LogP contribution >= 0.6 is 11.8 Å². The maximum absolute atomic E-state index is 15.2. The van der Waals surface area contributed by atoms with Crippen molar-refractivity contribution in [2.45, 2.75) is 63.6 Å². The lowest BCUT2D eigenvalue weighted by atomic mass is 10.0. The van der Waals surface area contributed by atoms with Crippen LogP contribution < -0.4 is 5.56 Å². The van der Waals surface area contributed by atoms with Crippen LogP contribution in [-0.4, -0.2) is 51.4 Å². The average molecular weight is 702 g/mol. The van der Waals surface area contributed by atoms with Gasteiger partial charge in [-0.15, -0.1) is 0 Å². The molecule has 1 unspecified atom stereocenters. The first-order chi connectivity index (χ1) is 31.4. The van der Waals surface area contributed by atoms with Crippen molar-refractivity contribution in [3.05, 3.63) is 117 Å². The molecule has 1 aliphatic carbocycles. The summed E-state index contributed by atoms with van der Waals surface area (Å²) in [6.07, 6.45) is -12.2. The third-order valence-corrected chi connectivity index (χ3v) is 7.66. The monoisotopic (exact) mass is 701 g/mol. The van der Waals surface area contributed by atoms with E-state index < -0.39 is 184 Å². The van der Waals surface area contributed by atoms with Crippen molar-refractivity contribution in [2.75, 3.05) is 26.2 Å². The molecule has 6 nitrogen and oxygen atoms in total. The Morgan fingerprint density at radius 3 is 2.21 bits per heavy atom. The Morgan fingerprint density at radius 2 is 1.60 bits per heavy atom. The number of hydrogen-bond acceptors (Lipinski definition) is 5. The van der Waals surface area contributed by atoms with Crippen molar-refractivity contribution in [3.8, 4) is 11.1 Å². The zero-order chi connectivity index (χ0) is 53.0. The number of alkyl halides is 3. The van der Waals surface area contributed by atoms with Gasteiger partial charge >= 0.3 is 6.18 Å². The molecule has 1 aliphatic rings. The number of benzene rings is 3. The van der Waals surface area contributed by atoms with Gasteiger partial charge in [0.25, 0.3) is 5.56 Å². The van der Waals surface area contributed by atoms with Crippen molar-refractivity contribution in [2.24, 2.45) is 5.89 Å². The molecule has 3 aromatic carbocycles. The number of carbonyl (C=O) groups is 1. The second kappa shape index (κ2) is 15.5. The van der Waals surface area contributed by atoms with Crippen molar-refractivity contribution in [1.82, 2.24) is 19.4 Å². The van der Waals surface area contributed by atoms with E-state index in [-0.39, 0.29) is 40.9 Å². The summed E-state index contributed by atoms with van der Waals surface area (Å²) in [5.41, 5.74) is -10.3. The van der Waals surface area contributed by atoms with Gasteiger partial charge in [0.05, 0.1) is 27.5 Å². The number of likely N-dealkylation sites (N-methyl/N-ethyl adjacent to an activating group) is 1. The van der Waals surface area contributed by atoms with E-state index >= 15 is 4.79 Å². The van der Waals surface area contributed by atoms with Crippen LogP contribution in [0.3, 0.4) is 0 Å². The van der Waals surface area contributed by atoms with Gasteiger partial charge in [0.2, 0.25) is 5.91 Å². The number of thioether (sulfide) groups is 1. The van der Waals surface area contributed by atoms with Gasteiger partial charge in [0.15, 0.2) is 5.16 Å². The number of hydrogen-bond donors (Lipinski definition) is 0. The molecule has 1 atom stereocenters. The number of aromatic nitrogens is 2. The average Bonchev–Trinajstić information content (AvgIpc) is 3.35. The number of fused-ring (bicyclic) bond motifs is 1. The Morgan fingerprint density at radius 1 is 1.00 bits per heavy atom. The van der Waals surface area contributed by atoms with Crippen molar-refractivity contribution >= 4 is 17.7 Å². The third-order valence-electron chi connectivity index (χ3n) is 6.69. The van der Waals surface area contributed by atoms with E-state index in [9.17, 15) is 27.8 Å². The maximum Gasteiger partial charge on any atom is 0.416 e. The number of carbonyl (C=O) groups excluding carboxylic acids is 1. The predicted molar refractivity (Wildman–Crippen MR) is 181 cm³/mol. The minimum absolute atomic E-state index is 0.0556. The van der Waals surface area contributed by atoms with Gasteiger partial charge in [0.1, 0.15) is 12.3 Å². The topological polar surface area (TPSA) is 58.4 Å². The van der Waals surface area contributed by atoms with E-state index in [1.54, 1.807) is 18.7 Å². The van der Waals surface area contributed by atoms with Crippen LogP contribution in [0.1, 0.15) is 77.5 Å². The van der Waals surface area contributed by atoms with Gasteiger partial charge in [-0.3, -0.25) is 9.59 Å². The van der Waals surface area contributed by atoms with Gasteiger partial charge in [-0.05, 0) is 78.2 Å². The van der Waals surface area contributed by atoms with Crippen molar-refractivity contribution in [3.63, 3.8) is 0 Å². The summed E-state index contributed by atoms with van der Waals surface area (Å²) in [6, 6.07) is -15.8. The highest BCUT2D eigenvalue weighted by molar-refractivity contribution is 7.98. The smallest absolute Gasteiger partial charge is 0.336 e. The number of nitrogens with zero attached hydrogens (tertiary/aromatic N) is 4. The molecule has 0 fully saturated rings. The lowest BCUT2D eigenvalue weighted by Crippen LogP contribution is -2.40. The minimum Gasteiger partial charge on any atom is -0.336 e. The van der Waals surface area contributed by atoms with E-state index in [0.717, 1.165) is 6.92 Å². The molecule has 0 saturated carbocycles. The molecule has 0 N–H and O–H groups in total. The Labute approximate surface area is 312 Å².